The van der Waals surface area contributed by atoms with Crippen molar-refractivity contribution in [3.05, 3.63) is 105 Å². The van der Waals surface area contributed by atoms with E-state index in [0.29, 0.717) is 17.6 Å². The van der Waals surface area contributed by atoms with E-state index in [1.807, 2.05) is 78.9 Å². The molecule has 0 saturated carbocycles. The third-order valence-corrected chi connectivity index (χ3v) is 5.41. The molecule has 1 atom stereocenters. The Morgan fingerprint density at radius 3 is 2.21 bits per heavy atom. The number of hydrogen-bond acceptors (Lipinski definition) is 2. The largest absolute Gasteiger partial charge is 0.387 e. The SMILES string of the molecule is CC(O)c1c(-c2ccccc2)c2cc(Br)ccc2c(=O)n1Cc1ccccc1. The second-order valence-electron chi connectivity index (χ2n) is 6.87. The van der Waals surface area contributed by atoms with Crippen LogP contribution in [0.1, 0.15) is 24.3 Å². The number of aliphatic hydroxyl groups excluding tert-OH is 1. The van der Waals surface area contributed by atoms with Gasteiger partial charge < -0.3 is 9.67 Å². The summed E-state index contributed by atoms with van der Waals surface area (Å²) in [4.78, 5) is 13.4. The number of benzene rings is 3. The van der Waals surface area contributed by atoms with Crippen molar-refractivity contribution in [2.24, 2.45) is 0 Å². The summed E-state index contributed by atoms with van der Waals surface area (Å²) in [5.74, 6) is 0. The summed E-state index contributed by atoms with van der Waals surface area (Å²) in [6, 6.07) is 25.5. The van der Waals surface area contributed by atoms with Gasteiger partial charge in [-0.15, -0.1) is 0 Å². The molecule has 4 aromatic rings. The smallest absolute Gasteiger partial charge is 0.259 e. The zero-order valence-corrected chi connectivity index (χ0v) is 17.1. The molecular formula is C24H20BrNO2. The van der Waals surface area contributed by atoms with E-state index in [2.05, 4.69) is 15.9 Å². The molecule has 1 heterocycles. The van der Waals surface area contributed by atoms with Crippen LogP contribution in [0.3, 0.4) is 0 Å². The molecule has 28 heavy (non-hydrogen) atoms. The van der Waals surface area contributed by atoms with Crippen molar-refractivity contribution in [2.75, 3.05) is 0 Å². The molecule has 3 nitrogen and oxygen atoms in total. The highest BCUT2D eigenvalue weighted by Crippen LogP contribution is 2.35. The summed E-state index contributed by atoms with van der Waals surface area (Å²) in [6.45, 7) is 2.12. The number of rotatable bonds is 4. The fourth-order valence-corrected chi connectivity index (χ4v) is 4.06. The molecule has 4 heteroatoms. The van der Waals surface area contributed by atoms with Crippen LogP contribution in [0.5, 0.6) is 0 Å². The molecule has 0 aliphatic rings. The van der Waals surface area contributed by atoms with Gasteiger partial charge in [-0.05, 0) is 41.6 Å². The number of aliphatic hydroxyl groups is 1. The van der Waals surface area contributed by atoms with Gasteiger partial charge in [-0.2, -0.15) is 0 Å². The highest BCUT2D eigenvalue weighted by Gasteiger charge is 2.21. The quantitative estimate of drug-likeness (QED) is 0.459. The fourth-order valence-electron chi connectivity index (χ4n) is 3.70. The van der Waals surface area contributed by atoms with Crippen LogP contribution in [0, 0.1) is 0 Å². The Kier molecular flexibility index (Phi) is 5.16. The van der Waals surface area contributed by atoms with Crippen LogP contribution in [0.15, 0.2) is 88.1 Å². The second kappa shape index (κ2) is 7.74. The molecule has 0 amide bonds. The molecule has 1 aromatic heterocycles. The van der Waals surface area contributed by atoms with Gasteiger partial charge in [-0.1, -0.05) is 76.6 Å². The Morgan fingerprint density at radius 2 is 1.57 bits per heavy atom. The van der Waals surface area contributed by atoms with E-state index >= 15 is 0 Å². The lowest BCUT2D eigenvalue weighted by Crippen LogP contribution is -2.26. The van der Waals surface area contributed by atoms with Crippen LogP contribution in [0.4, 0.5) is 0 Å². The topological polar surface area (TPSA) is 42.2 Å². The summed E-state index contributed by atoms with van der Waals surface area (Å²) in [6.07, 6.45) is -0.796. The van der Waals surface area contributed by atoms with Gasteiger partial charge in [0.1, 0.15) is 0 Å². The predicted octanol–water partition coefficient (Wildman–Crippen LogP) is 5.53. The van der Waals surface area contributed by atoms with Crippen molar-refractivity contribution in [3.63, 3.8) is 0 Å². The molecule has 0 aliphatic carbocycles. The Balaban J connectivity index is 2.12. The highest BCUT2D eigenvalue weighted by atomic mass is 79.9. The Hall–Kier alpha value is -2.69. The molecule has 3 aromatic carbocycles. The molecule has 1 N–H and O–H groups in total. The molecule has 0 bridgehead atoms. The fraction of sp³-hybridized carbons (Fsp3) is 0.125. The lowest BCUT2D eigenvalue weighted by atomic mass is 9.94. The number of fused-ring (bicyclic) bond motifs is 1. The van der Waals surface area contributed by atoms with Crippen molar-refractivity contribution in [2.45, 2.75) is 19.6 Å². The molecule has 0 radical (unpaired) electrons. The standard InChI is InChI=1S/C24H20BrNO2/c1-16(27)23-22(18-10-6-3-7-11-18)21-14-19(25)12-13-20(21)24(28)26(23)15-17-8-4-2-5-9-17/h2-14,16,27H,15H2,1H3. The summed E-state index contributed by atoms with van der Waals surface area (Å²) in [7, 11) is 0. The van der Waals surface area contributed by atoms with Crippen LogP contribution < -0.4 is 5.56 Å². The maximum Gasteiger partial charge on any atom is 0.259 e. The second-order valence-corrected chi connectivity index (χ2v) is 7.78. The van der Waals surface area contributed by atoms with Crippen LogP contribution in [-0.2, 0) is 6.54 Å². The number of pyridine rings is 1. The molecule has 0 fully saturated rings. The van der Waals surface area contributed by atoms with Gasteiger partial charge in [0.15, 0.2) is 0 Å². The van der Waals surface area contributed by atoms with E-state index in [0.717, 1.165) is 26.5 Å². The lowest BCUT2D eigenvalue weighted by Gasteiger charge is -2.22. The van der Waals surface area contributed by atoms with E-state index in [4.69, 9.17) is 0 Å². The average molecular weight is 434 g/mol. The van der Waals surface area contributed by atoms with Crippen molar-refractivity contribution in [1.82, 2.24) is 4.57 Å². The maximum atomic E-state index is 13.4. The summed E-state index contributed by atoms with van der Waals surface area (Å²) >= 11 is 3.53. The van der Waals surface area contributed by atoms with Gasteiger partial charge in [0.05, 0.1) is 18.3 Å². The summed E-state index contributed by atoms with van der Waals surface area (Å²) in [5.41, 5.74) is 3.42. The van der Waals surface area contributed by atoms with Crippen LogP contribution in [0.2, 0.25) is 0 Å². The average Bonchev–Trinajstić information content (AvgIpc) is 2.71. The van der Waals surface area contributed by atoms with Crippen LogP contribution >= 0.6 is 15.9 Å². The Labute approximate surface area is 172 Å². The van der Waals surface area contributed by atoms with Gasteiger partial charge in [0.25, 0.3) is 5.56 Å². The van der Waals surface area contributed by atoms with Crippen molar-refractivity contribution in [3.8, 4) is 11.1 Å². The first kappa shape index (κ1) is 18.7. The van der Waals surface area contributed by atoms with E-state index < -0.39 is 6.10 Å². The zero-order chi connectivity index (χ0) is 19.7. The molecule has 0 spiro atoms. The molecule has 1 unspecified atom stereocenters. The third kappa shape index (κ3) is 3.41. The normalized spacial score (nSPS) is 12.2. The van der Waals surface area contributed by atoms with E-state index in [1.54, 1.807) is 11.5 Å². The van der Waals surface area contributed by atoms with Crippen LogP contribution in [-0.4, -0.2) is 9.67 Å². The number of nitrogens with zero attached hydrogens (tertiary/aromatic N) is 1. The van der Waals surface area contributed by atoms with Gasteiger partial charge in [-0.25, -0.2) is 0 Å². The first-order chi connectivity index (χ1) is 13.6. The third-order valence-electron chi connectivity index (χ3n) is 4.92. The van der Waals surface area contributed by atoms with Gasteiger partial charge in [0, 0.05) is 15.4 Å². The Bertz CT molecular complexity index is 1180. The van der Waals surface area contributed by atoms with Crippen molar-refractivity contribution in [1.29, 1.82) is 0 Å². The first-order valence-electron chi connectivity index (χ1n) is 9.19. The van der Waals surface area contributed by atoms with Gasteiger partial charge >= 0.3 is 0 Å². The molecule has 140 valence electrons. The number of halogens is 1. The highest BCUT2D eigenvalue weighted by molar-refractivity contribution is 9.10. The van der Waals surface area contributed by atoms with Gasteiger partial charge in [-0.3, -0.25) is 4.79 Å². The first-order valence-corrected chi connectivity index (χ1v) is 9.99. The minimum absolute atomic E-state index is 0.0954. The monoisotopic (exact) mass is 433 g/mol. The van der Waals surface area contributed by atoms with Gasteiger partial charge in [0.2, 0.25) is 0 Å². The van der Waals surface area contributed by atoms with E-state index in [-0.39, 0.29) is 5.56 Å². The summed E-state index contributed by atoms with van der Waals surface area (Å²) < 4.78 is 2.60. The number of hydrogen-bond donors (Lipinski definition) is 1. The minimum Gasteiger partial charge on any atom is -0.387 e. The number of aromatic nitrogens is 1. The zero-order valence-electron chi connectivity index (χ0n) is 15.5. The predicted molar refractivity (Wildman–Crippen MR) is 118 cm³/mol. The molecular weight excluding hydrogens is 414 g/mol. The van der Waals surface area contributed by atoms with E-state index in [9.17, 15) is 9.90 Å². The maximum absolute atomic E-state index is 13.4. The minimum atomic E-state index is -0.796. The molecule has 0 saturated heterocycles. The van der Waals surface area contributed by atoms with Crippen LogP contribution in [0.25, 0.3) is 21.9 Å². The Morgan fingerprint density at radius 1 is 0.929 bits per heavy atom. The summed E-state index contributed by atoms with van der Waals surface area (Å²) in [5, 5.41) is 12.2. The molecule has 0 aliphatic heterocycles. The van der Waals surface area contributed by atoms with E-state index in [1.165, 1.54) is 0 Å². The lowest BCUT2D eigenvalue weighted by molar-refractivity contribution is 0.189. The van der Waals surface area contributed by atoms with Crippen molar-refractivity contribution < 1.29 is 5.11 Å². The van der Waals surface area contributed by atoms with Crippen molar-refractivity contribution >= 4 is 26.7 Å². The molecule has 4 rings (SSSR count).